The highest BCUT2D eigenvalue weighted by Gasteiger charge is 2.75. The van der Waals surface area contributed by atoms with Gasteiger partial charge in [0, 0.05) is 24.0 Å². The first-order valence-corrected chi connectivity index (χ1v) is 14.7. The van der Waals surface area contributed by atoms with Crippen LogP contribution in [0.15, 0.2) is 52.4 Å². The van der Waals surface area contributed by atoms with Gasteiger partial charge in [-0.1, -0.05) is 29.8 Å². The molecule has 0 saturated heterocycles. The summed E-state index contributed by atoms with van der Waals surface area (Å²) in [6, 6.07) is 8.76. The number of rotatable bonds is 9. The molecule has 1 heterocycles. The molecule has 1 aliphatic heterocycles. The number of nitrogens with one attached hydrogen (secondary N) is 2. The van der Waals surface area contributed by atoms with E-state index in [0.717, 1.165) is 12.1 Å². The molecular formula is C27H28ClF5N4O3S. The zero-order valence-corrected chi connectivity index (χ0v) is 23.7. The van der Waals surface area contributed by atoms with Crippen LogP contribution in [0, 0.1) is 17.0 Å². The Labute approximate surface area is 239 Å². The molecule has 1 atom stereocenters. The van der Waals surface area contributed by atoms with Gasteiger partial charge in [-0.05, 0) is 62.9 Å². The van der Waals surface area contributed by atoms with Crippen molar-refractivity contribution in [1.82, 2.24) is 14.9 Å². The predicted octanol–water partition coefficient (Wildman–Crippen LogP) is 4.95. The number of hydrogen-bond donors (Lipinski definition) is 2. The Morgan fingerprint density at radius 3 is 2.27 bits per heavy atom. The lowest BCUT2D eigenvalue weighted by Crippen LogP contribution is -2.78. The molecule has 0 spiro atoms. The second kappa shape index (κ2) is 9.91. The van der Waals surface area contributed by atoms with E-state index in [1.807, 2.05) is 0 Å². The van der Waals surface area contributed by atoms with Gasteiger partial charge < -0.3 is 10.6 Å². The predicted molar refractivity (Wildman–Crippen MR) is 142 cm³/mol. The smallest absolute Gasteiger partial charge is 0.366 e. The van der Waals surface area contributed by atoms with E-state index in [1.54, 1.807) is 32.0 Å². The van der Waals surface area contributed by atoms with Crippen LogP contribution >= 0.6 is 11.6 Å². The van der Waals surface area contributed by atoms with Gasteiger partial charge in [-0.15, -0.1) is 0 Å². The van der Waals surface area contributed by atoms with Crippen LogP contribution in [0.3, 0.4) is 0 Å². The summed E-state index contributed by atoms with van der Waals surface area (Å²) < 4.78 is 94.9. The van der Waals surface area contributed by atoms with Crippen LogP contribution in [0.25, 0.3) is 0 Å². The fourth-order valence-corrected chi connectivity index (χ4v) is 8.01. The third-order valence-corrected chi connectivity index (χ3v) is 10.4. The molecule has 1 amide bonds. The fraction of sp³-hybridized carbons (Fsp3) is 0.481. The number of carbonyl (C=O) groups is 1. The third kappa shape index (κ3) is 5.32. The Kier molecular flexibility index (Phi) is 7.18. The Balaban J connectivity index is 1.38. The Hall–Kier alpha value is -2.77. The van der Waals surface area contributed by atoms with Crippen molar-refractivity contribution in [3.05, 3.63) is 64.7 Å². The number of carbonyl (C=O) groups excluding carboxylic acids is 1. The lowest BCUT2D eigenvalue weighted by Gasteiger charge is -2.73. The van der Waals surface area contributed by atoms with E-state index < -0.39 is 74.3 Å². The van der Waals surface area contributed by atoms with Crippen molar-refractivity contribution >= 4 is 33.4 Å². The zero-order chi connectivity index (χ0) is 30.0. The van der Waals surface area contributed by atoms with Crippen LogP contribution in [0.4, 0.5) is 22.0 Å². The monoisotopic (exact) mass is 618 g/mol. The van der Waals surface area contributed by atoms with Gasteiger partial charge >= 0.3 is 6.18 Å². The average molecular weight is 619 g/mol. The van der Waals surface area contributed by atoms with Crippen molar-refractivity contribution in [3.63, 3.8) is 0 Å². The molecule has 2 aromatic carbocycles. The summed E-state index contributed by atoms with van der Waals surface area (Å²) in [5.74, 6) is -2.14. The maximum Gasteiger partial charge on any atom is 0.390 e. The molecule has 3 saturated carbocycles. The first-order valence-electron chi connectivity index (χ1n) is 12.9. The molecule has 3 aliphatic carbocycles. The number of amidine groups is 1. The summed E-state index contributed by atoms with van der Waals surface area (Å²) in [6.45, 7) is 2.57. The first-order chi connectivity index (χ1) is 19.0. The first kappa shape index (κ1) is 29.7. The topological polar surface area (TPSA) is 90.9 Å². The number of nitrogens with zero attached hydrogens (tertiary/aromatic N) is 2. The Bertz CT molecular complexity index is 1470. The van der Waals surface area contributed by atoms with Gasteiger partial charge in [-0.2, -0.15) is 17.5 Å². The van der Waals surface area contributed by atoms with Crippen molar-refractivity contribution in [3.8, 4) is 0 Å². The molecule has 4 aliphatic rings. The van der Waals surface area contributed by atoms with Crippen molar-refractivity contribution in [2.24, 2.45) is 10.4 Å². The Morgan fingerprint density at radius 2 is 1.71 bits per heavy atom. The molecule has 0 unspecified atom stereocenters. The number of hydrogen-bond acceptors (Lipinski definition) is 5. The van der Waals surface area contributed by atoms with Crippen molar-refractivity contribution < 1.29 is 35.2 Å². The van der Waals surface area contributed by atoms with Gasteiger partial charge in [-0.3, -0.25) is 9.79 Å². The molecule has 2 bridgehead atoms. The van der Waals surface area contributed by atoms with Crippen LogP contribution in [0.5, 0.6) is 0 Å². The van der Waals surface area contributed by atoms with Crippen molar-refractivity contribution in [1.29, 1.82) is 0 Å². The quantitative estimate of drug-likeness (QED) is 0.307. The molecule has 0 aromatic heterocycles. The molecule has 7 nitrogen and oxygen atoms in total. The van der Waals surface area contributed by atoms with Gasteiger partial charge in [-0.25, -0.2) is 17.2 Å². The number of halogens is 6. The van der Waals surface area contributed by atoms with E-state index in [2.05, 4.69) is 15.6 Å². The largest absolute Gasteiger partial charge is 0.390 e. The van der Waals surface area contributed by atoms with Crippen LogP contribution in [0.1, 0.15) is 45.1 Å². The number of aliphatic imine (C=N–C) groups is 1. The van der Waals surface area contributed by atoms with Crippen molar-refractivity contribution in [2.75, 3.05) is 6.54 Å². The summed E-state index contributed by atoms with van der Waals surface area (Å²) >= 11 is 5.62. The normalized spacial score (nSPS) is 26.6. The number of benzene rings is 2. The van der Waals surface area contributed by atoms with Gasteiger partial charge in [0.2, 0.25) is 15.9 Å². The van der Waals surface area contributed by atoms with Crippen LogP contribution in [0.2, 0.25) is 5.02 Å². The van der Waals surface area contributed by atoms with Gasteiger partial charge in [0.05, 0.1) is 16.9 Å². The molecule has 6 rings (SSSR count). The molecule has 0 radical (unpaired) electrons. The van der Waals surface area contributed by atoms with E-state index in [0.29, 0.717) is 25.1 Å². The third-order valence-electron chi connectivity index (χ3n) is 8.07. The summed E-state index contributed by atoms with van der Waals surface area (Å²) in [6.07, 6.45) is -4.53. The number of sulfonamides is 1. The highest BCUT2D eigenvalue weighted by atomic mass is 35.5. The van der Waals surface area contributed by atoms with E-state index >= 15 is 0 Å². The average Bonchev–Trinajstić information content (AvgIpc) is 3.14. The highest BCUT2D eigenvalue weighted by Crippen LogP contribution is 2.71. The summed E-state index contributed by atoms with van der Waals surface area (Å²) in [5.41, 5.74) is -2.20. The maximum absolute atomic E-state index is 14.2. The number of alkyl halides is 3. The molecule has 222 valence electrons. The zero-order valence-electron chi connectivity index (χ0n) is 22.2. The molecular weight excluding hydrogens is 591 g/mol. The van der Waals surface area contributed by atoms with Crippen LogP contribution in [-0.2, 0) is 21.4 Å². The van der Waals surface area contributed by atoms with Gasteiger partial charge in [0.15, 0.2) is 6.04 Å². The standard InChI is InChI=1S/C27H28ClF5N4O3S/c1-24(2)21(22(38)34-9-8-27(31,32)33)35-23(36-24)25-13-26(14-25,15-25)37(41(39,40)17-6-4-3-5-7-17)12-16-10-18(29)20(28)19(30)11-16/h3-7,10-11,21H,8-9,12-15H2,1-2H3,(H,34,38)(H,35,36)/t21-,25?,26?/m0/s1. The van der Waals surface area contributed by atoms with E-state index in [9.17, 15) is 35.2 Å². The van der Waals surface area contributed by atoms with Crippen molar-refractivity contribution in [2.45, 2.75) is 74.3 Å². The lowest BCUT2D eigenvalue weighted by molar-refractivity contribution is -0.151. The fourth-order valence-electron chi connectivity index (χ4n) is 6.12. The molecule has 41 heavy (non-hydrogen) atoms. The Morgan fingerprint density at radius 1 is 1.12 bits per heavy atom. The molecule has 14 heteroatoms. The SMILES string of the molecule is CC1(C)NC(C23CC(N(Cc4cc(F)c(Cl)c(F)c4)S(=O)(=O)c4ccccc4)(C2)C3)=N[C@H]1C(=O)NCCC(F)(F)F. The molecule has 2 N–H and O–H groups in total. The van der Waals surface area contributed by atoms with Crippen LogP contribution < -0.4 is 10.6 Å². The second-order valence-corrected chi connectivity index (χ2v) is 13.9. The summed E-state index contributed by atoms with van der Waals surface area (Å²) in [5, 5.41) is 4.85. The molecule has 2 aromatic rings. The molecule has 3 fully saturated rings. The van der Waals surface area contributed by atoms with Gasteiger partial charge in [0.25, 0.3) is 0 Å². The van der Waals surface area contributed by atoms with E-state index in [-0.39, 0.29) is 17.0 Å². The summed E-state index contributed by atoms with van der Waals surface area (Å²) in [7, 11) is -4.10. The maximum atomic E-state index is 14.2. The minimum atomic E-state index is -4.40. The van der Waals surface area contributed by atoms with Crippen LogP contribution in [-0.4, -0.2) is 54.3 Å². The second-order valence-electron chi connectivity index (χ2n) is 11.6. The van der Waals surface area contributed by atoms with E-state index in [4.69, 9.17) is 11.6 Å². The number of amides is 1. The summed E-state index contributed by atoms with van der Waals surface area (Å²) in [4.78, 5) is 17.3. The van der Waals surface area contributed by atoms with Gasteiger partial charge in [0.1, 0.15) is 22.5 Å². The minimum absolute atomic E-state index is 0.0294. The highest BCUT2D eigenvalue weighted by molar-refractivity contribution is 7.89. The van der Waals surface area contributed by atoms with E-state index in [1.165, 1.54) is 16.4 Å². The lowest BCUT2D eigenvalue weighted by atomic mass is 9.38. The minimum Gasteiger partial charge on any atom is -0.366 e.